The molecule has 148 valence electrons. The molecule has 5 fully saturated rings. The van der Waals surface area contributed by atoms with Crippen molar-refractivity contribution in [1.29, 1.82) is 0 Å². The summed E-state index contributed by atoms with van der Waals surface area (Å²) in [6.45, 7) is 7.89. The topological polar surface area (TPSA) is 52.6 Å². The zero-order valence-electron chi connectivity index (χ0n) is 16.7. The van der Waals surface area contributed by atoms with Crippen molar-refractivity contribution in [2.45, 2.75) is 70.8 Å². The van der Waals surface area contributed by atoms with E-state index < -0.39 is 5.97 Å². The number of hydrogen-bond donors (Lipinski definition) is 0. The Kier molecular flexibility index (Phi) is 3.69. The summed E-state index contributed by atoms with van der Waals surface area (Å²) < 4.78 is 11.4. The molecule has 0 aromatic carbocycles. The van der Waals surface area contributed by atoms with Gasteiger partial charge in [-0.25, -0.2) is 9.59 Å². The van der Waals surface area contributed by atoms with Crippen molar-refractivity contribution >= 4 is 11.9 Å². The molecule has 0 N–H and O–H groups in total. The van der Waals surface area contributed by atoms with Crippen molar-refractivity contribution in [3.8, 4) is 0 Å². The summed E-state index contributed by atoms with van der Waals surface area (Å²) in [5, 5.41) is 0. The third kappa shape index (κ3) is 2.54. The second-order valence-corrected chi connectivity index (χ2v) is 11.0. The van der Waals surface area contributed by atoms with Gasteiger partial charge >= 0.3 is 11.9 Å². The standard InChI is InChI=1S/C23H32O4/c1-4-19(24)26-12-20(25)27-23(17-8-14-5-6-15(17)7-14)16-9-21(2,3)13-22(10-16)11-18(22)23/h4,14-18H,1,5-13H2,2-3H3. The van der Waals surface area contributed by atoms with Crippen LogP contribution < -0.4 is 0 Å². The minimum absolute atomic E-state index is 0.288. The van der Waals surface area contributed by atoms with E-state index in [2.05, 4.69) is 20.4 Å². The van der Waals surface area contributed by atoms with Gasteiger partial charge in [0, 0.05) is 23.8 Å². The molecule has 0 heterocycles. The van der Waals surface area contributed by atoms with E-state index in [0.717, 1.165) is 24.3 Å². The Bertz CT molecular complexity index is 696. The molecule has 5 rings (SSSR count). The highest BCUT2D eigenvalue weighted by Gasteiger charge is 2.79. The van der Waals surface area contributed by atoms with E-state index in [1.54, 1.807) is 0 Å². The first-order chi connectivity index (χ1) is 12.8. The van der Waals surface area contributed by atoms with E-state index in [9.17, 15) is 9.59 Å². The highest BCUT2D eigenvalue weighted by atomic mass is 16.6. The summed E-state index contributed by atoms with van der Waals surface area (Å²) >= 11 is 0. The molecule has 27 heavy (non-hydrogen) atoms. The van der Waals surface area contributed by atoms with Gasteiger partial charge in [0.15, 0.2) is 6.61 Å². The molecule has 0 saturated heterocycles. The van der Waals surface area contributed by atoms with Crippen LogP contribution in [0.3, 0.4) is 0 Å². The van der Waals surface area contributed by atoms with Crippen LogP contribution in [-0.4, -0.2) is 24.1 Å². The van der Waals surface area contributed by atoms with Crippen LogP contribution in [-0.2, 0) is 19.1 Å². The lowest BCUT2D eigenvalue weighted by atomic mass is 9.62. The number of ether oxygens (including phenoxy) is 2. The van der Waals surface area contributed by atoms with Gasteiger partial charge in [0.25, 0.3) is 0 Å². The summed E-state index contributed by atoms with van der Waals surface area (Å²) in [5.41, 5.74) is 0.441. The van der Waals surface area contributed by atoms with Crippen molar-refractivity contribution < 1.29 is 19.1 Å². The normalized spacial score (nSPS) is 48.0. The number of fused-ring (bicyclic) bond motifs is 3. The summed E-state index contributed by atoms with van der Waals surface area (Å²) in [4.78, 5) is 24.2. The van der Waals surface area contributed by atoms with E-state index in [4.69, 9.17) is 9.47 Å². The van der Waals surface area contributed by atoms with Crippen molar-refractivity contribution in [2.24, 2.45) is 40.4 Å². The van der Waals surface area contributed by atoms with Crippen LogP contribution in [0.15, 0.2) is 12.7 Å². The molecular weight excluding hydrogens is 340 g/mol. The summed E-state index contributed by atoms with van der Waals surface area (Å²) in [6, 6.07) is 0. The molecular formula is C23H32O4. The molecule has 4 heteroatoms. The van der Waals surface area contributed by atoms with Crippen molar-refractivity contribution in [1.82, 2.24) is 0 Å². The zero-order chi connectivity index (χ0) is 19.0. The van der Waals surface area contributed by atoms with Gasteiger partial charge in [0.2, 0.25) is 0 Å². The van der Waals surface area contributed by atoms with Crippen LogP contribution >= 0.6 is 0 Å². The Hall–Kier alpha value is -1.32. The first-order valence-corrected chi connectivity index (χ1v) is 10.8. The molecule has 0 aliphatic heterocycles. The van der Waals surface area contributed by atoms with Gasteiger partial charge in [-0.2, -0.15) is 0 Å². The fourth-order valence-electron chi connectivity index (χ4n) is 8.34. The highest BCUT2D eigenvalue weighted by molar-refractivity contribution is 5.83. The minimum Gasteiger partial charge on any atom is -0.456 e. The lowest BCUT2D eigenvalue weighted by molar-refractivity contribution is -0.188. The third-order valence-corrected chi connectivity index (χ3v) is 8.76. The average molecular weight is 373 g/mol. The molecule has 0 aromatic rings. The van der Waals surface area contributed by atoms with Crippen LogP contribution in [0.1, 0.15) is 65.2 Å². The van der Waals surface area contributed by atoms with Gasteiger partial charge in [-0.3, -0.25) is 0 Å². The Balaban J connectivity index is 1.44. The highest BCUT2D eigenvalue weighted by Crippen LogP contribution is 2.81. The number of hydrogen-bond acceptors (Lipinski definition) is 4. The van der Waals surface area contributed by atoms with Gasteiger partial charge in [0.05, 0.1) is 0 Å². The summed E-state index contributed by atoms with van der Waals surface area (Å²) in [6.07, 6.45) is 11.2. The molecule has 5 aliphatic carbocycles. The minimum atomic E-state index is -0.560. The Morgan fingerprint density at radius 3 is 2.63 bits per heavy atom. The molecule has 4 nitrogen and oxygen atoms in total. The maximum absolute atomic E-state index is 12.8. The third-order valence-electron chi connectivity index (χ3n) is 8.76. The summed E-state index contributed by atoms with van der Waals surface area (Å²) in [7, 11) is 0. The second kappa shape index (κ2) is 5.61. The van der Waals surface area contributed by atoms with Crippen LogP contribution in [0.5, 0.6) is 0 Å². The van der Waals surface area contributed by atoms with Crippen molar-refractivity contribution in [2.75, 3.05) is 6.61 Å². The van der Waals surface area contributed by atoms with Gasteiger partial charge in [-0.15, -0.1) is 0 Å². The predicted molar refractivity (Wildman–Crippen MR) is 101 cm³/mol. The Morgan fingerprint density at radius 1 is 1.15 bits per heavy atom. The monoisotopic (exact) mass is 372 g/mol. The van der Waals surface area contributed by atoms with E-state index in [1.807, 2.05) is 0 Å². The SMILES string of the molecule is C=CC(=O)OCC(=O)OC1(C2CC3CCC2C3)C2CC(C)(C)CC3(C2)CC31. The lowest BCUT2D eigenvalue weighted by Crippen LogP contribution is -2.52. The number of rotatable bonds is 5. The fraction of sp³-hybridized carbons (Fsp3) is 0.826. The molecule has 5 saturated carbocycles. The first-order valence-electron chi connectivity index (χ1n) is 10.8. The number of esters is 2. The van der Waals surface area contributed by atoms with Gasteiger partial charge < -0.3 is 9.47 Å². The maximum Gasteiger partial charge on any atom is 0.344 e. The number of carbonyl (C=O) groups excluding carboxylic acids is 2. The molecule has 5 aliphatic rings. The van der Waals surface area contributed by atoms with Crippen LogP contribution in [0, 0.1) is 40.4 Å². The smallest absolute Gasteiger partial charge is 0.344 e. The van der Waals surface area contributed by atoms with Crippen molar-refractivity contribution in [3.05, 3.63) is 12.7 Å². The predicted octanol–water partition coefficient (Wildman–Crippen LogP) is 4.28. The van der Waals surface area contributed by atoms with E-state index in [-0.39, 0.29) is 18.2 Å². The van der Waals surface area contributed by atoms with Gasteiger partial charge in [0.1, 0.15) is 5.60 Å². The molecule has 1 spiro atoms. The molecule has 7 atom stereocenters. The first kappa shape index (κ1) is 17.8. The fourth-order valence-corrected chi connectivity index (χ4v) is 8.34. The van der Waals surface area contributed by atoms with Crippen LogP contribution in [0.4, 0.5) is 0 Å². The lowest BCUT2D eigenvalue weighted by Gasteiger charge is -2.48. The molecule has 0 amide bonds. The molecule has 0 aromatic heterocycles. The number of carbonyl (C=O) groups is 2. The molecule has 4 bridgehead atoms. The molecule has 0 radical (unpaired) electrons. The quantitative estimate of drug-likeness (QED) is 0.534. The van der Waals surface area contributed by atoms with E-state index >= 15 is 0 Å². The van der Waals surface area contributed by atoms with Crippen LogP contribution in [0.25, 0.3) is 0 Å². The van der Waals surface area contributed by atoms with Gasteiger partial charge in [-0.05, 0) is 67.6 Å². The largest absolute Gasteiger partial charge is 0.456 e. The Morgan fingerprint density at radius 2 is 1.96 bits per heavy atom. The summed E-state index contributed by atoms with van der Waals surface area (Å²) in [5.74, 6) is 2.15. The van der Waals surface area contributed by atoms with Crippen molar-refractivity contribution in [3.63, 3.8) is 0 Å². The second-order valence-electron chi connectivity index (χ2n) is 11.0. The van der Waals surface area contributed by atoms with Gasteiger partial charge in [-0.1, -0.05) is 26.8 Å². The maximum atomic E-state index is 12.8. The Labute approximate surface area is 162 Å². The van der Waals surface area contributed by atoms with Crippen LogP contribution in [0.2, 0.25) is 0 Å². The zero-order valence-corrected chi connectivity index (χ0v) is 16.7. The average Bonchev–Trinajstić information content (AvgIpc) is 2.96. The van der Waals surface area contributed by atoms with E-state index in [1.165, 1.54) is 44.9 Å². The van der Waals surface area contributed by atoms with E-state index in [0.29, 0.717) is 28.6 Å². The molecule has 7 unspecified atom stereocenters.